The minimum atomic E-state index is -4.29. The molecule has 0 saturated heterocycles. The summed E-state index contributed by atoms with van der Waals surface area (Å²) in [5.41, 5.74) is -0.291. The van der Waals surface area contributed by atoms with E-state index in [0.29, 0.717) is 0 Å². The fraction of sp³-hybridized carbons (Fsp3) is 0.500. The van der Waals surface area contributed by atoms with Crippen molar-refractivity contribution in [2.45, 2.75) is 37.7 Å². The third-order valence-corrected chi connectivity index (χ3v) is 2.74. The normalized spacial score (nSPS) is 13.8. The maximum absolute atomic E-state index is 12.6. The maximum Gasteiger partial charge on any atom is 0.416 e. The number of hydrogen-bond donors (Lipinski definition) is 0. The van der Waals surface area contributed by atoms with E-state index in [4.69, 9.17) is 11.6 Å². The summed E-state index contributed by atoms with van der Waals surface area (Å²) >= 11 is 5.97. The molecule has 0 amide bonds. The van der Waals surface area contributed by atoms with E-state index in [0.717, 1.165) is 18.9 Å². The summed E-state index contributed by atoms with van der Waals surface area (Å²) < 4.78 is 37.9. The van der Waals surface area contributed by atoms with Gasteiger partial charge in [0.05, 0.1) is 5.56 Å². The van der Waals surface area contributed by atoms with Gasteiger partial charge in [0.2, 0.25) is 0 Å². The first-order chi connectivity index (χ1) is 7.45. The number of alkyl halides is 4. The molecular formula is C12H14ClF3. The van der Waals surface area contributed by atoms with Crippen LogP contribution >= 0.6 is 11.6 Å². The van der Waals surface area contributed by atoms with Gasteiger partial charge in [-0.2, -0.15) is 13.2 Å². The molecule has 16 heavy (non-hydrogen) atoms. The van der Waals surface area contributed by atoms with Crippen LogP contribution in [0.25, 0.3) is 0 Å². The Kier molecular flexibility index (Phi) is 4.66. The van der Waals surface area contributed by atoms with Gasteiger partial charge in [-0.15, -0.1) is 11.6 Å². The van der Waals surface area contributed by atoms with E-state index in [-0.39, 0.29) is 17.4 Å². The van der Waals surface area contributed by atoms with E-state index in [2.05, 4.69) is 0 Å². The molecule has 0 N–H and O–H groups in total. The van der Waals surface area contributed by atoms with Crippen LogP contribution in [0.5, 0.6) is 0 Å². The van der Waals surface area contributed by atoms with Gasteiger partial charge in [0.25, 0.3) is 0 Å². The summed E-state index contributed by atoms with van der Waals surface area (Å²) in [5.74, 6) is 0. The van der Waals surface area contributed by atoms with Crippen molar-refractivity contribution in [3.8, 4) is 0 Å². The highest BCUT2D eigenvalue weighted by Crippen LogP contribution is 2.33. The van der Waals surface area contributed by atoms with Crippen LogP contribution in [-0.4, -0.2) is 5.38 Å². The standard InChI is InChI=1S/C12H14ClF3/c1-2-5-10(13)8-9-6-3-4-7-11(9)12(14,15)16/h3-4,6-7,10H,2,5,8H2,1H3. The lowest BCUT2D eigenvalue weighted by molar-refractivity contribution is -0.138. The molecular weight excluding hydrogens is 237 g/mol. The van der Waals surface area contributed by atoms with Crippen molar-refractivity contribution in [1.29, 1.82) is 0 Å². The molecule has 1 atom stereocenters. The number of benzene rings is 1. The lowest BCUT2D eigenvalue weighted by Crippen LogP contribution is -2.12. The topological polar surface area (TPSA) is 0 Å². The van der Waals surface area contributed by atoms with E-state index in [1.807, 2.05) is 6.92 Å². The SMILES string of the molecule is CCCC(Cl)Cc1ccccc1C(F)(F)F. The third kappa shape index (κ3) is 3.71. The second-order valence-electron chi connectivity index (χ2n) is 3.74. The largest absolute Gasteiger partial charge is 0.416 e. The van der Waals surface area contributed by atoms with Crippen LogP contribution in [0.15, 0.2) is 24.3 Å². The van der Waals surface area contributed by atoms with Crippen LogP contribution in [0.1, 0.15) is 30.9 Å². The van der Waals surface area contributed by atoms with E-state index in [9.17, 15) is 13.2 Å². The van der Waals surface area contributed by atoms with Crippen LogP contribution in [0.4, 0.5) is 13.2 Å². The molecule has 0 fully saturated rings. The summed E-state index contributed by atoms with van der Waals surface area (Å²) in [6.07, 6.45) is -2.42. The summed E-state index contributed by atoms with van der Waals surface area (Å²) in [6, 6.07) is 5.61. The van der Waals surface area contributed by atoms with Gasteiger partial charge in [0.15, 0.2) is 0 Å². The first-order valence-corrected chi connectivity index (χ1v) is 5.68. The zero-order valence-electron chi connectivity index (χ0n) is 9.02. The Hall–Kier alpha value is -0.700. The molecule has 0 bridgehead atoms. The lowest BCUT2D eigenvalue weighted by atomic mass is 10.0. The van der Waals surface area contributed by atoms with Crippen LogP contribution in [0.2, 0.25) is 0 Å². The minimum absolute atomic E-state index is 0.228. The summed E-state index contributed by atoms with van der Waals surface area (Å²) in [7, 11) is 0. The van der Waals surface area contributed by atoms with Crippen molar-refractivity contribution in [3.63, 3.8) is 0 Å². The number of rotatable bonds is 4. The van der Waals surface area contributed by atoms with E-state index < -0.39 is 11.7 Å². The van der Waals surface area contributed by atoms with Crippen molar-refractivity contribution in [2.75, 3.05) is 0 Å². The average Bonchev–Trinajstić information content (AvgIpc) is 2.17. The quantitative estimate of drug-likeness (QED) is 0.682. The van der Waals surface area contributed by atoms with Gasteiger partial charge in [-0.3, -0.25) is 0 Å². The van der Waals surface area contributed by atoms with E-state index in [1.54, 1.807) is 6.07 Å². The highest BCUT2D eigenvalue weighted by molar-refractivity contribution is 6.20. The Balaban J connectivity index is 2.87. The van der Waals surface area contributed by atoms with Gasteiger partial charge in [0, 0.05) is 5.38 Å². The second kappa shape index (κ2) is 5.58. The Labute approximate surface area is 98.4 Å². The third-order valence-electron chi connectivity index (χ3n) is 2.37. The molecule has 0 radical (unpaired) electrons. The molecule has 1 unspecified atom stereocenters. The highest BCUT2D eigenvalue weighted by atomic mass is 35.5. The van der Waals surface area contributed by atoms with E-state index >= 15 is 0 Å². The Morgan fingerprint density at radius 3 is 2.44 bits per heavy atom. The molecule has 0 nitrogen and oxygen atoms in total. The fourth-order valence-electron chi connectivity index (χ4n) is 1.63. The monoisotopic (exact) mass is 250 g/mol. The van der Waals surface area contributed by atoms with Gasteiger partial charge >= 0.3 is 6.18 Å². The van der Waals surface area contributed by atoms with Crippen molar-refractivity contribution in [3.05, 3.63) is 35.4 Å². The molecule has 0 aliphatic rings. The second-order valence-corrected chi connectivity index (χ2v) is 4.36. The average molecular weight is 251 g/mol. The Bertz CT molecular complexity index is 333. The molecule has 90 valence electrons. The molecule has 0 aliphatic carbocycles. The van der Waals surface area contributed by atoms with Gasteiger partial charge < -0.3 is 0 Å². The summed E-state index contributed by atoms with van der Waals surface area (Å²) in [5, 5.41) is -0.228. The maximum atomic E-state index is 12.6. The minimum Gasteiger partial charge on any atom is -0.166 e. The van der Waals surface area contributed by atoms with Gasteiger partial charge in [-0.25, -0.2) is 0 Å². The first kappa shape index (κ1) is 13.4. The molecule has 0 saturated carbocycles. The zero-order valence-corrected chi connectivity index (χ0v) is 9.78. The lowest BCUT2D eigenvalue weighted by Gasteiger charge is -2.14. The predicted molar refractivity (Wildman–Crippen MR) is 59.7 cm³/mol. The zero-order chi connectivity index (χ0) is 12.2. The smallest absolute Gasteiger partial charge is 0.166 e. The molecule has 1 aromatic rings. The van der Waals surface area contributed by atoms with Crippen LogP contribution in [0.3, 0.4) is 0 Å². The Morgan fingerprint density at radius 1 is 1.25 bits per heavy atom. The highest BCUT2D eigenvalue weighted by Gasteiger charge is 2.33. The van der Waals surface area contributed by atoms with E-state index in [1.165, 1.54) is 12.1 Å². The van der Waals surface area contributed by atoms with Gasteiger partial charge in [-0.05, 0) is 24.5 Å². The van der Waals surface area contributed by atoms with Crippen LogP contribution in [-0.2, 0) is 12.6 Å². The van der Waals surface area contributed by atoms with Crippen molar-refractivity contribution in [1.82, 2.24) is 0 Å². The predicted octanol–water partition coefficient (Wildman–Crippen LogP) is 4.66. The Morgan fingerprint density at radius 2 is 1.88 bits per heavy atom. The molecule has 4 heteroatoms. The number of halogens is 4. The summed E-state index contributed by atoms with van der Waals surface area (Å²) in [4.78, 5) is 0. The fourth-order valence-corrected chi connectivity index (χ4v) is 2.01. The molecule has 0 spiro atoms. The molecule has 1 aromatic carbocycles. The van der Waals surface area contributed by atoms with Crippen LogP contribution in [0, 0.1) is 0 Å². The van der Waals surface area contributed by atoms with Crippen molar-refractivity contribution < 1.29 is 13.2 Å². The number of hydrogen-bond acceptors (Lipinski definition) is 0. The molecule has 0 aliphatic heterocycles. The van der Waals surface area contributed by atoms with Crippen LogP contribution < -0.4 is 0 Å². The molecule has 0 heterocycles. The van der Waals surface area contributed by atoms with Crippen molar-refractivity contribution in [2.24, 2.45) is 0 Å². The first-order valence-electron chi connectivity index (χ1n) is 5.24. The van der Waals surface area contributed by atoms with Gasteiger partial charge in [-0.1, -0.05) is 31.5 Å². The summed E-state index contributed by atoms with van der Waals surface area (Å²) in [6.45, 7) is 1.96. The molecule has 0 aromatic heterocycles. The molecule has 1 rings (SSSR count). The van der Waals surface area contributed by atoms with Gasteiger partial charge in [0.1, 0.15) is 0 Å². The van der Waals surface area contributed by atoms with Crippen molar-refractivity contribution >= 4 is 11.6 Å².